The predicted molar refractivity (Wildman–Crippen MR) is 68.6 cm³/mol. The third kappa shape index (κ3) is 7.72. The molecule has 0 heterocycles. The van der Waals surface area contributed by atoms with Gasteiger partial charge in [-0.3, -0.25) is 4.79 Å². The van der Waals surface area contributed by atoms with Crippen LogP contribution in [-0.4, -0.2) is 11.1 Å². The first kappa shape index (κ1) is 15.5. The number of carboxylic acids is 1. The molecule has 16 heavy (non-hydrogen) atoms. The lowest BCUT2D eigenvalue weighted by Crippen LogP contribution is -2.23. The highest BCUT2D eigenvalue weighted by Gasteiger charge is 2.26. The fourth-order valence-electron chi connectivity index (χ4n) is 2.05. The zero-order valence-corrected chi connectivity index (χ0v) is 11.4. The first-order valence-electron chi connectivity index (χ1n) is 6.59. The van der Waals surface area contributed by atoms with Gasteiger partial charge in [-0.15, -0.1) is 0 Å². The molecule has 0 bridgehead atoms. The Hall–Kier alpha value is -0.530. The lowest BCUT2D eigenvalue weighted by atomic mass is 9.76. The number of aliphatic carboxylic acids is 1. The van der Waals surface area contributed by atoms with Crippen LogP contribution in [0.4, 0.5) is 0 Å². The van der Waals surface area contributed by atoms with Gasteiger partial charge in [-0.05, 0) is 17.8 Å². The average molecular weight is 228 g/mol. The van der Waals surface area contributed by atoms with Crippen LogP contribution in [0.15, 0.2) is 0 Å². The first-order chi connectivity index (χ1) is 7.38. The largest absolute Gasteiger partial charge is 0.481 e. The molecule has 0 aromatic heterocycles. The molecule has 0 aromatic rings. The Morgan fingerprint density at radius 3 is 2.12 bits per heavy atom. The highest BCUT2D eigenvalue weighted by atomic mass is 16.4. The summed E-state index contributed by atoms with van der Waals surface area (Å²) in [5.41, 5.74) is 0.114. The number of hydrogen-bond acceptors (Lipinski definition) is 1. The quantitative estimate of drug-likeness (QED) is 0.622. The van der Waals surface area contributed by atoms with Crippen LogP contribution in [0.1, 0.15) is 72.6 Å². The van der Waals surface area contributed by atoms with Gasteiger partial charge in [-0.25, -0.2) is 0 Å². The minimum Gasteiger partial charge on any atom is -0.481 e. The fourth-order valence-corrected chi connectivity index (χ4v) is 2.05. The normalized spacial score (nSPS) is 13.8. The summed E-state index contributed by atoms with van der Waals surface area (Å²) >= 11 is 0. The molecule has 1 unspecified atom stereocenters. The van der Waals surface area contributed by atoms with Gasteiger partial charge in [-0.2, -0.15) is 0 Å². The van der Waals surface area contributed by atoms with E-state index < -0.39 is 5.97 Å². The van der Waals surface area contributed by atoms with Gasteiger partial charge in [0.1, 0.15) is 0 Å². The highest BCUT2D eigenvalue weighted by Crippen LogP contribution is 2.33. The van der Waals surface area contributed by atoms with Crippen molar-refractivity contribution in [1.29, 1.82) is 0 Å². The molecule has 0 saturated carbocycles. The van der Waals surface area contributed by atoms with Crippen molar-refractivity contribution in [3.8, 4) is 0 Å². The van der Waals surface area contributed by atoms with E-state index in [1.165, 1.54) is 32.1 Å². The van der Waals surface area contributed by atoms with Crippen molar-refractivity contribution >= 4 is 5.97 Å². The van der Waals surface area contributed by atoms with E-state index in [-0.39, 0.29) is 5.41 Å². The fraction of sp³-hybridized carbons (Fsp3) is 0.929. The minimum absolute atomic E-state index is 0.114. The van der Waals surface area contributed by atoms with Gasteiger partial charge in [0.2, 0.25) is 0 Å². The van der Waals surface area contributed by atoms with Crippen LogP contribution in [0.2, 0.25) is 0 Å². The zero-order chi connectivity index (χ0) is 12.6. The van der Waals surface area contributed by atoms with E-state index in [1.807, 2.05) is 0 Å². The maximum atomic E-state index is 10.8. The maximum Gasteiger partial charge on any atom is 0.303 e. The molecule has 0 rings (SSSR count). The summed E-state index contributed by atoms with van der Waals surface area (Å²) in [6, 6.07) is 0. The minimum atomic E-state index is -0.659. The number of unbranched alkanes of at least 4 members (excludes halogenated alkanes) is 4. The summed E-state index contributed by atoms with van der Waals surface area (Å²) < 4.78 is 0. The van der Waals surface area contributed by atoms with Crippen LogP contribution in [0.3, 0.4) is 0 Å². The topological polar surface area (TPSA) is 37.3 Å². The predicted octanol–water partition coefficient (Wildman–Crippen LogP) is 4.48. The molecular weight excluding hydrogens is 200 g/mol. The second-order valence-corrected chi connectivity index (χ2v) is 5.86. The Kier molecular flexibility index (Phi) is 7.44. The van der Waals surface area contributed by atoms with Crippen molar-refractivity contribution in [1.82, 2.24) is 0 Å². The Bertz CT molecular complexity index is 191. The maximum absolute atomic E-state index is 10.8. The first-order valence-corrected chi connectivity index (χ1v) is 6.59. The molecule has 0 saturated heterocycles. The molecular formula is C14H28O2. The van der Waals surface area contributed by atoms with Crippen LogP contribution in [0.5, 0.6) is 0 Å². The van der Waals surface area contributed by atoms with E-state index in [4.69, 9.17) is 5.11 Å². The third-order valence-corrected chi connectivity index (χ3v) is 3.30. The van der Waals surface area contributed by atoms with E-state index in [0.29, 0.717) is 12.3 Å². The average Bonchev–Trinajstić information content (AvgIpc) is 2.13. The third-order valence-electron chi connectivity index (χ3n) is 3.30. The van der Waals surface area contributed by atoms with Gasteiger partial charge in [-0.1, -0.05) is 59.8 Å². The van der Waals surface area contributed by atoms with Gasteiger partial charge in [0.05, 0.1) is 0 Å². The molecule has 0 spiro atoms. The monoisotopic (exact) mass is 228 g/mol. The van der Waals surface area contributed by atoms with Crippen molar-refractivity contribution in [3.63, 3.8) is 0 Å². The van der Waals surface area contributed by atoms with Gasteiger partial charge in [0, 0.05) is 6.42 Å². The van der Waals surface area contributed by atoms with Crippen LogP contribution in [-0.2, 0) is 4.79 Å². The Labute approximate surface area is 100 Å². The molecule has 0 aromatic carbocycles. The van der Waals surface area contributed by atoms with Gasteiger partial charge in [0.25, 0.3) is 0 Å². The standard InChI is InChI=1S/C14H28O2/c1-5-6-7-8-9-10-12(11-13(15)16)14(2,3)4/h12H,5-11H2,1-4H3,(H,15,16). The number of rotatable bonds is 8. The molecule has 0 aliphatic carbocycles. The van der Waals surface area contributed by atoms with Crippen molar-refractivity contribution in [2.45, 2.75) is 72.6 Å². The summed E-state index contributed by atoms with van der Waals surface area (Å²) in [6.45, 7) is 8.65. The molecule has 0 fully saturated rings. The molecule has 2 heteroatoms. The number of carboxylic acid groups (broad SMARTS) is 1. The van der Waals surface area contributed by atoms with Gasteiger partial charge in [0.15, 0.2) is 0 Å². The van der Waals surface area contributed by atoms with E-state index in [2.05, 4.69) is 27.7 Å². The van der Waals surface area contributed by atoms with Crippen molar-refractivity contribution in [3.05, 3.63) is 0 Å². The zero-order valence-electron chi connectivity index (χ0n) is 11.4. The van der Waals surface area contributed by atoms with Crippen LogP contribution < -0.4 is 0 Å². The smallest absolute Gasteiger partial charge is 0.303 e. The molecule has 0 aliphatic rings. The van der Waals surface area contributed by atoms with Gasteiger partial charge >= 0.3 is 5.97 Å². The molecule has 1 N–H and O–H groups in total. The van der Waals surface area contributed by atoms with Gasteiger partial charge < -0.3 is 5.11 Å². The van der Waals surface area contributed by atoms with Crippen LogP contribution >= 0.6 is 0 Å². The van der Waals surface area contributed by atoms with E-state index >= 15 is 0 Å². The van der Waals surface area contributed by atoms with Crippen LogP contribution in [0, 0.1) is 11.3 Å². The van der Waals surface area contributed by atoms with Crippen molar-refractivity contribution < 1.29 is 9.90 Å². The van der Waals surface area contributed by atoms with Crippen molar-refractivity contribution in [2.24, 2.45) is 11.3 Å². The summed E-state index contributed by atoms with van der Waals surface area (Å²) in [5.74, 6) is -0.347. The molecule has 1 atom stereocenters. The Balaban J connectivity index is 3.89. The molecule has 96 valence electrons. The molecule has 0 aliphatic heterocycles. The summed E-state index contributed by atoms with van der Waals surface area (Å²) in [4.78, 5) is 10.8. The summed E-state index contributed by atoms with van der Waals surface area (Å²) in [7, 11) is 0. The van der Waals surface area contributed by atoms with Crippen molar-refractivity contribution in [2.75, 3.05) is 0 Å². The molecule has 0 radical (unpaired) electrons. The van der Waals surface area contributed by atoms with Crippen LogP contribution in [0.25, 0.3) is 0 Å². The Morgan fingerprint density at radius 2 is 1.69 bits per heavy atom. The summed E-state index contributed by atoms with van der Waals surface area (Å²) in [6.07, 6.45) is 7.66. The van der Waals surface area contributed by atoms with E-state index in [1.54, 1.807) is 0 Å². The van der Waals surface area contributed by atoms with E-state index in [0.717, 1.165) is 6.42 Å². The number of carbonyl (C=O) groups is 1. The Morgan fingerprint density at radius 1 is 1.12 bits per heavy atom. The van der Waals surface area contributed by atoms with E-state index in [9.17, 15) is 4.79 Å². The second kappa shape index (κ2) is 7.70. The lowest BCUT2D eigenvalue weighted by Gasteiger charge is -2.29. The highest BCUT2D eigenvalue weighted by molar-refractivity contribution is 5.67. The molecule has 2 nitrogen and oxygen atoms in total. The SMILES string of the molecule is CCCCCCCC(CC(=O)O)C(C)(C)C. The summed E-state index contributed by atoms with van der Waals surface area (Å²) in [5, 5.41) is 8.89. The number of hydrogen-bond donors (Lipinski definition) is 1. The molecule has 0 amide bonds. The lowest BCUT2D eigenvalue weighted by molar-refractivity contribution is -0.139. The second-order valence-electron chi connectivity index (χ2n) is 5.86.